The summed E-state index contributed by atoms with van der Waals surface area (Å²) in [6.07, 6.45) is 4.37. The molecule has 0 bridgehead atoms. The first-order valence-electron chi connectivity index (χ1n) is 10.7. The van der Waals surface area contributed by atoms with E-state index in [4.69, 9.17) is 11.6 Å². The summed E-state index contributed by atoms with van der Waals surface area (Å²) in [6.45, 7) is 0. The predicted octanol–water partition coefficient (Wildman–Crippen LogP) is 3.80. The maximum Gasteiger partial charge on any atom is 0.261 e. The van der Waals surface area contributed by atoms with E-state index in [1.54, 1.807) is 17.5 Å². The number of carbonyl (C=O) groups is 2. The zero-order chi connectivity index (χ0) is 24.0. The molecule has 34 heavy (non-hydrogen) atoms. The third-order valence-electron chi connectivity index (χ3n) is 6.14. The number of nitrogens with one attached hydrogen (secondary N) is 3. The van der Waals surface area contributed by atoms with Gasteiger partial charge in [0.05, 0.1) is 32.9 Å². The molecular formula is C23H20ClN3O5S2. The number of H-pyrrole nitrogens is 1. The Hall–Kier alpha value is -2.95. The van der Waals surface area contributed by atoms with Crippen LogP contribution in [-0.2, 0) is 9.84 Å². The van der Waals surface area contributed by atoms with Crippen molar-refractivity contribution in [2.45, 2.75) is 31.2 Å². The number of aromatic amines is 1. The highest BCUT2D eigenvalue weighted by atomic mass is 35.5. The zero-order valence-electron chi connectivity index (χ0n) is 17.8. The Labute approximate surface area is 203 Å². The van der Waals surface area contributed by atoms with Crippen LogP contribution in [0.15, 0.2) is 45.9 Å². The summed E-state index contributed by atoms with van der Waals surface area (Å²) < 4.78 is 23.7. The molecule has 8 nitrogen and oxygen atoms in total. The fourth-order valence-electron chi connectivity index (χ4n) is 4.25. The standard InChI is InChI=1S/C23H20ClN3O5S2/c24-18-9-15(10-33-18)26-23(30)19-16(12-2-1-3-12)5-4-13-8-17(22(29)27-20(13)19)21(28)25-14-6-7-34(31,32)11-14/h4-10,12,14H,1-3,11H2,(H,25,28)(H,26,30)(H,27,29)/t14-/m1/s1. The third kappa shape index (κ3) is 4.40. The molecule has 2 amide bonds. The number of aromatic nitrogens is 1. The lowest BCUT2D eigenvalue weighted by Crippen LogP contribution is -2.38. The number of carbonyl (C=O) groups excluding carboxylic acids is 2. The molecule has 1 fully saturated rings. The van der Waals surface area contributed by atoms with Crippen LogP contribution in [0.3, 0.4) is 0 Å². The highest BCUT2D eigenvalue weighted by Crippen LogP contribution is 2.40. The molecule has 1 aliphatic heterocycles. The molecular weight excluding hydrogens is 498 g/mol. The number of amides is 2. The summed E-state index contributed by atoms with van der Waals surface area (Å²) in [7, 11) is -3.35. The van der Waals surface area contributed by atoms with Crippen molar-refractivity contribution in [3.05, 3.63) is 72.5 Å². The second-order valence-electron chi connectivity index (χ2n) is 8.47. The normalized spacial score (nSPS) is 19.1. The Balaban J connectivity index is 1.53. The van der Waals surface area contributed by atoms with Gasteiger partial charge in [-0.15, -0.1) is 11.3 Å². The van der Waals surface area contributed by atoms with Gasteiger partial charge in [-0.05, 0) is 47.9 Å². The molecule has 176 valence electrons. The predicted molar refractivity (Wildman–Crippen MR) is 133 cm³/mol. The molecule has 5 rings (SSSR count). The smallest absolute Gasteiger partial charge is 0.261 e. The molecule has 1 aliphatic carbocycles. The number of hydrogen-bond acceptors (Lipinski definition) is 6. The molecule has 11 heteroatoms. The molecule has 2 aromatic heterocycles. The fourth-order valence-corrected chi connectivity index (χ4v) is 6.29. The van der Waals surface area contributed by atoms with Crippen LogP contribution in [0.1, 0.15) is 51.5 Å². The summed E-state index contributed by atoms with van der Waals surface area (Å²) in [4.78, 5) is 41.6. The second-order valence-corrected chi connectivity index (χ2v) is 11.9. The van der Waals surface area contributed by atoms with Crippen molar-refractivity contribution in [1.29, 1.82) is 0 Å². The minimum absolute atomic E-state index is 0.155. The van der Waals surface area contributed by atoms with Crippen LogP contribution >= 0.6 is 22.9 Å². The van der Waals surface area contributed by atoms with Crippen molar-refractivity contribution in [2.24, 2.45) is 0 Å². The van der Waals surface area contributed by atoms with Gasteiger partial charge < -0.3 is 15.6 Å². The first kappa shape index (κ1) is 22.8. The molecule has 2 aliphatic rings. The van der Waals surface area contributed by atoms with Crippen LogP contribution in [0.5, 0.6) is 0 Å². The molecule has 3 heterocycles. The maximum absolute atomic E-state index is 13.3. The first-order valence-corrected chi connectivity index (χ1v) is 13.6. The summed E-state index contributed by atoms with van der Waals surface area (Å²) in [5.41, 5.74) is 1.33. The van der Waals surface area contributed by atoms with Crippen LogP contribution in [0.2, 0.25) is 4.34 Å². The molecule has 0 unspecified atom stereocenters. The van der Waals surface area contributed by atoms with E-state index in [1.165, 1.54) is 23.5 Å². The van der Waals surface area contributed by atoms with Crippen molar-refractivity contribution >= 4 is 61.2 Å². The minimum Gasteiger partial charge on any atom is -0.345 e. The van der Waals surface area contributed by atoms with Crippen molar-refractivity contribution in [2.75, 3.05) is 11.1 Å². The lowest BCUT2D eigenvalue weighted by atomic mass is 9.77. The summed E-state index contributed by atoms with van der Waals surface area (Å²) in [5.74, 6) is -1.07. The molecule has 3 N–H and O–H groups in total. The number of fused-ring (bicyclic) bond motifs is 1. The van der Waals surface area contributed by atoms with Crippen LogP contribution in [0.25, 0.3) is 10.9 Å². The van der Waals surface area contributed by atoms with Gasteiger partial charge in [0.1, 0.15) is 5.56 Å². The molecule has 1 aromatic carbocycles. The Morgan fingerprint density at radius 2 is 1.94 bits per heavy atom. The van der Waals surface area contributed by atoms with E-state index in [1.807, 2.05) is 6.07 Å². The lowest BCUT2D eigenvalue weighted by Gasteiger charge is -2.28. The van der Waals surface area contributed by atoms with E-state index in [-0.39, 0.29) is 23.1 Å². The minimum atomic E-state index is -3.35. The number of rotatable bonds is 5. The molecule has 1 atom stereocenters. The van der Waals surface area contributed by atoms with Crippen molar-refractivity contribution < 1.29 is 18.0 Å². The van der Waals surface area contributed by atoms with Gasteiger partial charge in [0.15, 0.2) is 9.84 Å². The topological polar surface area (TPSA) is 125 Å². The van der Waals surface area contributed by atoms with E-state index in [2.05, 4.69) is 15.6 Å². The van der Waals surface area contributed by atoms with Gasteiger partial charge >= 0.3 is 0 Å². The molecule has 0 radical (unpaired) electrons. The molecule has 3 aromatic rings. The Bertz CT molecular complexity index is 1520. The summed E-state index contributed by atoms with van der Waals surface area (Å²) in [5, 5.41) is 8.72. The van der Waals surface area contributed by atoms with Crippen LogP contribution in [-0.4, -0.2) is 37.0 Å². The largest absolute Gasteiger partial charge is 0.345 e. The van der Waals surface area contributed by atoms with Crippen molar-refractivity contribution in [3.63, 3.8) is 0 Å². The van der Waals surface area contributed by atoms with Crippen molar-refractivity contribution in [1.82, 2.24) is 10.3 Å². The molecule has 1 saturated carbocycles. The van der Waals surface area contributed by atoms with E-state index in [0.29, 0.717) is 26.5 Å². The average molecular weight is 518 g/mol. The number of sulfone groups is 1. The number of halogens is 1. The van der Waals surface area contributed by atoms with E-state index < -0.39 is 27.3 Å². The number of thiophene rings is 1. The SMILES string of the molecule is O=C(N[C@@H]1C=CS(=O)(=O)C1)c1cc2ccc(C3CCC3)c(C(=O)Nc3csc(Cl)c3)c2[nH]c1=O. The number of benzene rings is 1. The van der Waals surface area contributed by atoms with Crippen LogP contribution in [0.4, 0.5) is 5.69 Å². The molecule has 0 saturated heterocycles. The van der Waals surface area contributed by atoms with E-state index >= 15 is 0 Å². The van der Waals surface area contributed by atoms with E-state index in [9.17, 15) is 22.8 Å². The van der Waals surface area contributed by atoms with Gasteiger partial charge in [-0.1, -0.05) is 30.2 Å². The van der Waals surface area contributed by atoms with Gasteiger partial charge in [0, 0.05) is 10.8 Å². The number of pyridine rings is 1. The Morgan fingerprint density at radius 1 is 1.15 bits per heavy atom. The first-order chi connectivity index (χ1) is 16.2. The van der Waals surface area contributed by atoms with Crippen molar-refractivity contribution in [3.8, 4) is 0 Å². The lowest BCUT2D eigenvalue weighted by molar-refractivity contribution is 0.0945. The maximum atomic E-state index is 13.3. The average Bonchev–Trinajstić information content (AvgIpc) is 3.29. The van der Waals surface area contributed by atoms with Gasteiger partial charge in [-0.25, -0.2) is 8.42 Å². The Kier molecular flexibility index (Phi) is 5.83. The van der Waals surface area contributed by atoms with Gasteiger partial charge in [-0.3, -0.25) is 14.4 Å². The highest BCUT2D eigenvalue weighted by molar-refractivity contribution is 7.94. The van der Waals surface area contributed by atoms with Gasteiger partial charge in [0.2, 0.25) is 0 Å². The number of hydrogen-bond donors (Lipinski definition) is 3. The fraction of sp³-hybridized carbons (Fsp3) is 0.261. The van der Waals surface area contributed by atoms with Gasteiger partial charge in [-0.2, -0.15) is 0 Å². The Morgan fingerprint density at radius 3 is 2.56 bits per heavy atom. The highest BCUT2D eigenvalue weighted by Gasteiger charge is 2.28. The monoisotopic (exact) mass is 517 g/mol. The quantitative estimate of drug-likeness (QED) is 0.474. The third-order valence-corrected chi connectivity index (χ3v) is 8.63. The summed E-state index contributed by atoms with van der Waals surface area (Å²) >= 11 is 7.28. The molecule has 0 spiro atoms. The zero-order valence-corrected chi connectivity index (χ0v) is 20.1. The van der Waals surface area contributed by atoms with Crippen LogP contribution < -0.4 is 16.2 Å². The van der Waals surface area contributed by atoms with E-state index in [0.717, 1.165) is 30.2 Å². The van der Waals surface area contributed by atoms with Gasteiger partial charge in [0.25, 0.3) is 17.4 Å². The second kappa shape index (κ2) is 8.68. The summed E-state index contributed by atoms with van der Waals surface area (Å²) in [6, 6.07) is 6.04. The van der Waals surface area contributed by atoms with Crippen LogP contribution in [0, 0.1) is 0 Å². The number of anilines is 1.